The molecule has 34 heavy (non-hydrogen) atoms. The van der Waals surface area contributed by atoms with Crippen LogP contribution in [0.3, 0.4) is 0 Å². The maximum absolute atomic E-state index is 13.1. The van der Waals surface area contributed by atoms with Crippen LogP contribution < -0.4 is 10.2 Å². The maximum Gasteiger partial charge on any atom is 0.329 e. The molecule has 0 radical (unpaired) electrons. The summed E-state index contributed by atoms with van der Waals surface area (Å²) in [5, 5.41) is 3.83. The first-order chi connectivity index (χ1) is 16.4. The predicted molar refractivity (Wildman–Crippen MR) is 131 cm³/mol. The standard InChI is InChI=1S/C26H30N4O4/c1-4-34-25(32)24(18(3)20-15-27-21-11-7-6-10-19(20)21)28-26(33)29-13-14-30(23(31)16-29)22-12-8-5-9-17(22)2/h5-12,15,18,24,27H,4,13-14,16H2,1-3H3,(H,28,33)/t18-,24+/m0/s1. The second kappa shape index (κ2) is 9.99. The monoisotopic (exact) mass is 462 g/mol. The summed E-state index contributed by atoms with van der Waals surface area (Å²) in [5.41, 5.74) is 3.72. The Labute approximate surface area is 198 Å². The topological polar surface area (TPSA) is 94.7 Å². The van der Waals surface area contributed by atoms with E-state index in [2.05, 4.69) is 10.3 Å². The molecule has 1 aromatic heterocycles. The first kappa shape index (κ1) is 23.4. The number of rotatable bonds is 6. The van der Waals surface area contributed by atoms with Crippen molar-refractivity contribution in [3.63, 3.8) is 0 Å². The molecule has 0 spiro atoms. The van der Waals surface area contributed by atoms with E-state index in [-0.39, 0.29) is 25.0 Å². The number of amides is 3. The van der Waals surface area contributed by atoms with Crippen LogP contribution in [-0.4, -0.2) is 60.1 Å². The van der Waals surface area contributed by atoms with Gasteiger partial charge in [0.15, 0.2) is 0 Å². The molecular formula is C26H30N4O4. The fourth-order valence-electron chi connectivity index (χ4n) is 4.46. The second-order valence-corrected chi connectivity index (χ2v) is 8.51. The van der Waals surface area contributed by atoms with Gasteiger partial charge in [0, 0.05) is 41.8 Å². The number of nitrogens with one attached hydrogen (secondary N) is 2. The van der Waals surface area contributed by atoms with E-state index in [0.29, 0.717) is 13.1 Å². The molecule has 4 rings (SSSR count). The number of piperazine rings is 1. The van der Waals surface area contributed by atoms with Crippen LogP contribution in [0, 0.1) is 6.92 Å². The maximum atomic E-state index is 13.1. The third-order valence-electron chi connectivity index (χ3n) is 6.35. The Morgan fingerprint density at radius 1 is 1.12 bits per heavy atom. The van der Waals surface area contributed by atoms with E-state index in [9.17, 15) is 14.4 Å². The fraction of sp³-hybridized carbons (Fsp3) is 0.346. The molecule has 3 aromatic rings. The van der Waals surface area contributed by atoms with Gasteiger partial charge in [-0.3, -0.25) is 4.79 Å². The van der Waals surface area contributed by atoms with Gasteiger partial charge in [0.05, 0.1) is 6.61 Å². The van der Waals surface area contributed by atoms with Gasteiger partial charge in [-0.25, -0.2) is 9.59 Å². The van der Waals surface area contributed by atoms with E-state index in [4.69, 9.17) is 4.74 Å². The fourth-order valence-corrected chi connectivity index (χ4v) is 4.46. The molecule has 0 saturated carbocycles. The van der Waals surface area contributed by atoms with Crippen LogP contribution in [0.4, 0.5) is 10.5 Å². The number of hydrogen-bond donors (Lipinski definition) is 2. The Balaban J connectivity index is 1.50. The molecular weight excluding hydrogens is 432 g/mol. The van der Waals surface area contributed by atoms with Crippen LogP contribution in [0.15, 0.2) is 54.7 Å². The molecule has 0 aliphatic carbocycles. The van der Waals surface area contributed by atoms with Crippen molar-refractivity contribution >= 4 is 34.5 Å². The summed E-state index contributed by atoms with van der Waals surface area (Å²) in [6.07, 6.45) is 1.86. The van der Waals surface area contributed by atoms with E-state index >= 15 is 0 Å². The number of aromatic nitrogens is 1. The van der Waals surface area contributed by atoms with Crippen LogP contribution in [0.1, 0.15) is 30.9 Å². The van der Waals surface area contributed by atoms with Crippen LogP contribution in [0.25, 0.3) is 10.9 Å². The lowest BCUT2D eigenvalue weighted by Gasteiger charge is -2.36. The molecule has 3 amide bonds. The van der Waals surface area contributed by atoms with E-state index < -0.39 is 18.0 Å². The number of carbonyl (C=O) groups excluding carboxylic acids is 3. The quantitative estimate of drug-likeness (QED) is 0.548. The molecule has 0 bridgehead atoms. The highest BCUT2D eigenvalue weighted by Gasteiger charge is 2.34. The van der Waals surface area contributed by atoms with Crippen LogP contribution in [0.2, 0.25) is 0 Å². The number of H-pyrrole nitrogens is 1. The molecule has 1 aliphatic rings. The Morgan fingerprint density at radius 2 is 1.85 bits per heavy atom. The summed E-state index contributed by atoms with van der Waals surface area (Å²) in [5.74, 6) is -1.00. The molecule has 2 aromatic carbocycles. The number of benzene rings is 2. The third-order valence-corrected chi connectivity index (χ3v) is 6.35. The average Bonchev–Trinajstić information content (AvgIpc) is 3.27. The molecule has 8 heteroatoms. The largest absolute Gasteiger partial charge is 0.464 e. The summed E-state index contributed by atoms with van der Waals surface area (Å²) in [6.45, 7) is 6.48. The number of aryl methyl sites for hydroxylation is 1. The third kappa shape index (κ3) is 4.62. The van der Waals surface area contributed by atoms with Gasteiger partial charge in [0.2, 0.25) is 5.91 Å². The minimum Gasteiger partial charge on any atom is -0.464 e. The lowest BCUT2D eigenvalue weighted by molar-refractivity contribution is -0.145. The van der Waals surface area contributed by atoms with Crippen molar-refractivity contribution in [1.82, 2.24) is 15.2 Å². The number of ether oxygens (including phenoxy) is 1. The van der Waals surface area contributed by atoms with Gasteiger partial charge in [0.25, 0.3) is 0 Å². The average molecular weight is 463 g/mol. The number of aromatic amines is 1. The van der Waals surface area contributed by atoms with Crippen molar-refractivity contribution in [1.29, 1.82) is 0 Å². The minimum absolute atomic E-state index is 0.0584. The first-order valence-electron chi connectivity index (χ1n) is 11.5. The highest BCUT2D eigenvalue weighted by molar-refractivity contribution is 5.98. The highest BCUT2D eigenvalue weighted by Crippen LogP contribution is 2.28. The zero-order chi connectivity index (χ0) is 24.2. The van der Waals surface area contributed by atoms with Crippen molar-refractivity contribution in [3.8, 4) is 0 Å². The minimum atomic E-state index is -0.892. The Bertz CT molecular complexity index is 1200. The lowest BCUT2D eigenvalue weighted by Crippen LogP contribution is -2.57. The number of para-hydroxylation sites is 2. The molecule has 1 saturated heterocycles. The number of anilines is 1. The van der Waals surface area contributed by atoms with E-state index in [1.54, 1.807) is 11.8 Å². The number of esters is 1. The van der Waals surface area contributed by atoms with Gasteiger partial charge >= 0.3 is 12.0 Å². The number of carbonyl (C=O) groups is 3. The number of hydrogen-bond acceptors (Lipinski definition) is 4. The van der Waals surface area contributed by atoms with Gasteiger partial charge in [-0.15, -0.1) is 0 Å². The molecule has 2 heterocycles. The summed E-state index contributed by atoms with van der Waals surface area (Å²) < 4.78 is 5.28. The number of urea groups is 1. The van der Waals surface area contributed by atoms with Gasteiger partial charge in [-0.2, -0.15) is 0 Å². The van der Waals surface area contributed by atoms with E-state index in [1.807, 2.05) is 68.6 Å². The van der Waals surface area contributed by atoms with Crippen LogP contribution >= 0.6 is 0 Å². The Hall–Kier alpha value is -3.81. The molecule has 1 aliphatic heterocycles. The molecule has 2 N–H and O–H groups in total. The highest BCUT2D eigenvalue weighted by atomic mass is 16.5. The first-order valence-corrected chi connectivity index (χ1v) is 11.5. The van der Waals surface area contributed by atoms with Crippen molar-refractivity contribution in [2.75, 3.05) is 31.1 Å². The smallest absolute Gasteiger partial charge is 0.329 e. The summed E-state index contributed by atoms with van der Waals surface area (Å²) in [4.78, 5) is 45.2. The van der Waals surface area contributed by atoms with E-state index in [1.165, 1.54) is 4.90 Å². The molecule has 1 fully saturated rings. The normalized spacial score (nSPS) is 15.8. The van der Waals surface area contributed by atoms with Gasteiger partial charge < -0.3 is 24.8 Å². The molecule has 0 unspecified atom stereocenters. The zero-order valence-corrected chi connectivity index (χ0v) is 19.7. The molecule has 8 nitrogen and oxygen atoms in total. The van der Waals surface area contributed by atoms with Crippen molar-refractivity contribution in [3.05, 3.63) is 65.9 Å². The summed E-state index contributed by atoms with van der Waals surface area (Å²) in [6, 6.07) is 14.1. The van der Waals surface area contributed by atoms with E-state index in [0.717, 1.165) is 27.7 Å². The Morgan fingerprint density at radius 3 is 2.59 bits per heavy atom. The van der Waals surface area contributed by atoms with Gasteiger partial charge in [-0.1, -0.05) is 43.3 Å². The van der Waals surface area contributed by atoms with Crippen molar-refractivity contribution in [2.24, 2.45) is 0 Å². The summed E-state index contributed by atoms with van der Waals surface area (Å²) in [7, 11) is 0. The van der Waals surface area contributed by atoms with Crippen molar-refractivity contribution < 1.29 is 19.1 Å². The Kier molecular flexibility index (Phi) is 6.86. The number of nitrogens with zero attached hydrogens (tertiary/aromatic N) is 2. The zero-order valence-electron chi connectivity index (χ0n) is 19.7. The summed E-state index contributed by atoms with van der Waals surface area (Å²) >= 11 is 0. The van der Waals surface area contributed by atoms with Crippen LogP contribution in [0.5, 0.6) is 0 Å². The number of fused-ring (bicyclic) bond motifs is 1. The van der Waals surface area contributed by atoms with Crippen molar-refractivity contribution in [2.45, 2.75) is 32.7 Å². The predicted octanol–water partition coefficient (Wildman–Crippen LogP) is 3.57. The van der Waals surface area contributed by atoms with Crippen LogP contribution in [-0.2, 0) is 14.3 Å². The van der Waals surface area contributed by atoms with Gasteiger partial charge in [-0.05, 0) is 37.1 Å². The lowest BCUT2D eigenvalue weighted by atomic mass is 9.93. The SMILES string of the molecule is CCOC(=O)[C@H](NC(=O)N1CCN(c2ccccc2C)C(=O)C1)[C@@H](C)c1c[nH]c2ccccc12. The molecule has 2 atom stereocenters. The second-order valence-electron chi connectivity index (χ2n) is 8.51. The molecule has 178 valence electrons. The van der Waals surface area contributed by atoms with Gasteiger partial charge in [0.1, 0.15) is 12.6 Å².